The Morgan fingerprint density at radius 3 is 2.80 bits per heavy atom. The first kappa shape index (κ1) is 12.2. The molecule has 0 saturated heterocycles. The molecule has 0 radical (unpaired) electrons. The maximum Gasteiger partial charge on any atom is 0.0701 e. The minimum Gasteiger partial charge on any atom is -0.382 e. The monoisotopic (exact) mass is 213 g/mol. The van der Waals surface area contributed by atoms with Crippen LogP contribution < -0.4 is 5.73 Å². The van der Waals surface area contributed by atoms with Crippen LogP contribution in [0.25, 0.3) is 0 Å². The molecule has 86 valence electrons. The van der Waals surface area contributed by atoms with E-state index in [0.717, 1.165) is 17.8 Å². The Bertz CT molecular complexity index is 286. The summed E-state index contributed by atoms with van der Waals surface area (Å²) in [4.78, 5) is 0. The van der Waals surface area contributed by atoms with E-state index in [1.807, 2.05) is 17.8 Å². The first-order valence-electron chi connectivity index (χ1n) is 5.07. The quantitative estimate of drug-likeness (QED) is 0.662. The third-order valence-electron chi connectivity index (χ3n) is 2.16. The molecule has 1 heterocycles. The average Bonchev–Trinajstić information content (AvgIpc) is 2.59. The second-order valence-electron chi connectivity index (χ2n) is 3.31. The molecule has 1 rings (SSSR count). The fraction of sp³-hybridized carbons (Fsp3) is 0.700. The van der Waals surface area contributed by atoms with Gasteiger partial charge >= 0.3 is 0 Å². The summed E-state index contributed by atoms with van der Waals surface area (Å²) in [5.74, 6) is 0. The molecule has 0 saturated carbocycles. The first-order chi connectivity index (χ1) is 7.27. The predicted octanol–water partition coefficient (Wildman–Crippen LogP) is 0.313. The van der Waals surface area contributed by atoms with Crippen LogP contribution in [0.2, 0.25) is 0 Å². The molecule has 1 aromatic rings. The molecule has 0 aromatic carbocycles. The van der Waals surface area contributed by atoms with E-state index in [0.29, 0.717) is 26.4 Å². The van der Waals surface area contributed by atoms with Gasteiger partial charge in [-0.05, 0) is 6.92 Å². The summed E-state index contributed by atoms with van der Waals surface area (Å²) in [5.41, 5.74) is 7.64. The summed E-state index contributed by atoms with van der Waals surface area (Å²) in [5, 5.41) is 4.32. The largest absolute Gasteiger partial charge is 0.382 e. The number of aromatic nitrogens is 2. The molecule has 0 aliphatic heterocycles. The fourth-order valence-electron chi connectivity index (χ4n) is 1.28. The number of methoxy groups -OCH3 is 1. The van der Waals surface area contributed by atoms with Crippen LogP contribution in [-0.4, -0.2) is 36.7 Å². The Morgan fingerprint density at radius 1 is 1.40 bits per heavy atom. The molecule has 2 N–H and O–H groups in total. The van der Waals surface area contributed by atoms with E-state index in [1.54, 1.807) is 7.11 Å². The summed E-state index contributed by atoms with van der Waals surface area (Å²) in [7, 11) is 1.66. The number of rotatable bonds is 7. The zero-order chi connectivity index (χ0) is 11.1. The van der Waals surface area contributed by atoms with Gasteiger partial charge in [0.25, 0.3) is 0 Å². The predicted molar refractivity (Wildman–Crippen MR) is 57.6 cm³/mol. The van der Waals surface area contributed by atoms with E-state index >= 15 is 0 Å². The highest BCUT2D eigenvalue weighted by Crippen LogP contribution is 2.03. The number of nitrogens with zero attached hydrogens (tertiary/aromatic N) is 2. The normalized spacial score (nSPS) is 10.9. The third kappa shape index (κ3) is 3.99. The average molecular weight is 213 g/mol. The van der Waals surface area contributed by atoms with Crippen molar-refractivity contribution < 1.29 is 9.47 Å². The summed E-state index contributed by atoms with van der Waals surface area (Å²) >= 11 is 0. The van der Waals surface area contributed by atoms with Gasteiger partial charge in [0.2, 0.25) is 0 Å². The lowest BCUT2D eigenvalue weighted by atomic mass is 10.3. The zero-order valence-electron chi connectivity index (χ0n) is 9.40. The second kappa shape index (κ2) is 6.55. The highest BCUT2D eigenvalue weighted by molar-refractivity contribution is 5.14. The van der Waals surface area contributed by atoms with Gasteiger partial charge in [-0.1, -0.05) is 0 Å². The molecule has 0 aliphatic rings. The lowest BCUT2D eigenvalue weighted by Gasteiger charge is -2.03. The Hall–Kier alpha value is -0.910. The second-order valence-corrected chi connectivity index (χ2v) is 3.31. The minimum atomic E-state index is 0.538. The Morgan fingerprint density at radius 2 is 2.20 bits per heavy atom. The van der Waals surface area contributed by atoms with E-state index in [4.69, 9.17) is 15.2 Å². The van der Waals surface area contributed by atoms with Crippen LogP contribution in [0.15, 0.2) is 6.20 Å². The summed E-state index contributed by atoms with van der Waals surface area (Å²) in [6.07, 6.45) is 1.97. The van der Waals surface area contributed by atoms with Crippen LogP contribution in [0, 0.1) is 6.92 Å². The van der Waals surface area contributed by atoms with Gasteiger partial charge in [-0.15, -0.1) is 0 Å². The Balaban J connectivity index is 2.25. The van der Waals surface area contributed by atoms with Crippen molar-refractivity contribution >= 4 is 0 Å². The molecule has 1 aromatic heterocycles. The molecular weight excluding hydrogens is 194 g/mol. The van der Waals surface area contributed by atoms with Crippen LogP contribution >= 0.6 is 0 Å². The van der Waals surface area contributed by atoms with Crippen LogP contribution in [0.4, 0.5) is 0 Å². The number of nitrogens with two attached hydrogens (primary N) is 1. The smallest absolute Gasteiger partial charge is 0.0701 e. The number of aryl methyl sites for hydroxylation is 1. The summed E-state index contributed by atoms with van der Waals surface area (Å²) < 4.78 is 12.1. The number of ether oxygens (including phenoxy) is 2. The van der Waals surface area contributed by atoms with Crippen molar-refractivity contribution in [1.29, 1.82) is 0 Å². The molecule has 0 atom stereocenters. The van der Waals surface area contributed by atoms with Gasteiger partial charge in [0.05, 0.1) is 32.1 Å². The number of hydrogen-bond donors (Lipinski definition) is 1. The molecule has 0 aliphatic carbocycles. The van der Waals surface area contributed by atoms with Gasteiger partial charge in [0, 0.05) is 25.4 Å². The van der Waals surface area contributed by atoms with Crippen LogP contribution in [-0.2, 0) is 22.6 Å². The molecule has 0 fully saturated rings. The van der Waals surface area contributed by atoms with E-state index in [-0.39, 0.29) is 0 Å². The van der Waals surface area contributed by atoms with Gasteiger partial charge in [0.15, 0.2) is 0 Å². The molecule has 15 heavy (non-hydrogen) atoms. The zero-order valence-corrected chi connectivity index (χ0v) is 9.40. The van der Waals surface area contributed by atoms with Crippen LogP contribution in [0.1, 0.15) is 11.3 Å². The molecule has 5 heteroatoms. The van der Waals surface area contributed by atoms with Crippen molar-refractivity contribution in [3.63, 3.8) is 0 Å². The molecule has 0 amide bonds. The molecule has 0 spiro atoms. The SMILES string of the molecule is COCCOCCn1cc(CN)c(C)n1. The van der Waals surface area contributed by atoms with E-state index in [1.165, 1.54) is 0 Å². The van der Waals surface area contributed by atoms with Crippen molar-refractivity contribution in [1.82, 2.24) is 9.78 Å². The van der Waals surface area contributed by atoms with Crippen LogP contribution in [0.3, 0.4) is 0 Å². The van der Waals surface area contributed by atoms with Crippen molar-refractivity contribution in [2.45, 2.75) is 20.0 Å². The maximum atomic E-state index is 5.56. The number of hydrogen-bond acceptors (Lipinski definition) is 4. The van der Waals surface area contributed by atoms with Gasteiger partial charge in [-0.2, -0.15) is 5.10 Å². The Kier molecular flexibility index (Phi) is 5.31. The van der Waals surface area contributed by atoms with E-state index < -0.39 is 0 Å². The van der Waals surface area contributed by atoms with Crippen molar-refractivity contribution in [2.24, 2.45) is 5.73 Å². The molecule has 5 nitrogen and oxygen atoms in total. The fourth-order valence-corrected chi connectivity index (χ4v) is 1.28. The lowest BCUT2D eigenvalue weighted by molar-refractivity contribution is 0.0654. The topological polar surface area (TPSA) is 62.3 Å². The first-order valence-corrected chi connectivity index (χ1v) is 5.07. The molecule has 0 bridgehead atoms. The van der Waals surface area contributed by atoms with Crippen molar-refractivity contribution in [2.75, 3.05) is 26.9 Å². The molecule has 0 unspecified atom stereocenters. The third-order valence-corrected chi connectivity index (χ3v) is 2.16. The Labute approximate surface area is 90.2 Å². The van der Waals surface area contributed by atoms with Crippen LogP contribution in [0.5, 0.6) is 0 Å². The van der Waals surface area contributed by atoms with Gasteiger partial charge in [-0.3, -0.25) is 4.68 Å². The van der Waals surface area contributed by atoms with E-state index in [9.17, 15) is 0 Å². The highest BCUT2D eigenvalue weighted by atomic mass is 16.5. The lowest BCUT2D eigenvalue weighted by Crippen LogP contribution is -2.09. The molecular formula is C10H19N3O2. The van der Waals surface area contributed by atoms with E-state index in [2.05, 4.69) is 5.10 Å². The summed E-state index contributed by atoms with van der Waals surface area (Å²) in [6.45, 7) is 5.16. The maximum absolute atomic E-state index is 5.56. The van der Waals surface area contributed by atoms with Crippen molar-refractivity contribution in [3.8, 4) is 0 Å². The van der Waals surface area contributed by atoms with Gasteiger partial charge < -0.3 is 15.2 Å². The van der Waals surface area contributed by atoms with Gasteiger partial charge in [-0.25, -0.2) is 0 Å². The minimum absolute atomic E-state index is 0.538. The van der Waals surface area contributed by atoms with Gasteiger partial charge in [0.1, 0.15) is 0 Å². The van der Waals surface area contributed by atoms with Crippen molar-refractivity contribution in [3.05, 3.63) is 17.5 Å². The highest BCUT2D eigenvalue weighted by Gasteiger charge is 2.02. The standard InChI is InChI=1S/C10H19N3O2/c1-9-10(7-11)8-13(12-9)3-4-15-6-5-14-2/h8H,3-7,11H2,1-2H3. The summed E-state index contributed by atoms with van der Waals surface area (Å²) in [6, 6.07) is 0.